The molecule has 22 heavy (non-hydrogen) atoms. The minimum Gasteiger partial charge on any atom is -0.497 e. The van der Waals surface area contributed by atoms with E-state index in [0.717, 1.165) is 22.8 Å². The molecule has 6 nitrogen and oxygen atoms in total. The van der Waals surface area contributed by atoms with Crippen LogP contribution in [0.25, 0.3) is 0 Å². The molecule has 1 heterocycles. The van der Waals surface area contributed by atoms with E-state index < -0.39 is 0 Å². The first-order chi connectivity index (χ1) is 10.6. The third kappa shape index (κ3) is 4.36. The van der Waals surface area contributed by atoms with E-state index in [9.17, 15) is 9.59 Å². The number of carbonyl (C=O) groups is 1. The normalized spacial score (nSPS) is 10.3. The Labute approximate surface area is 132 Å². The molecule has 2 rings (SSSR count). The van der Waals surface area contributed by atoms with Crippen LogP contribution in [0, 0.1) is 6.92 Å². The lowest BCUT2D eigenvalue weighted by Gasteiger charge is -2.09. The average Bonchev–Trinajstić information content (AvgIpc) is 2.84. The van der Waals surface area contributed by atoms with Gasteiger partial charge in [-0.25, -0.2) is 0 Å². The summed E-state index contributed by atoms with van der Waals surface area (Å²) >= 11 is 1.09. The van der Waals surface area contributed by atoms with Crippen molar-refractivity contribution in [1.29, 1.82) is 0 Å². The lowest BCUT2D eigenvalue weighted by Crippen LogP contribution is -2.33. The first kappa shape index (κ1) is 16.1. The summed E-state index contributed by atoms with van der Waals surface area (Å²) in [6, 6.07) is 7.21. The van der Waals surface area contributed by atoms with Crippen LogP contribution < -0.4 is 19.7 Å². The molecule has 0 spiro atoms. The number of thiazole rings is 1. The van der Waals surface area contributed by atoms with Crippen LogP contribution in [0.1, 0.15) is 5.69 Å². The quantitative estimate of drug-likeness (QED) is 0.783. The number of methoxy groups -OCH3 is 1. The fourth-order valence-electron chi connectivity index (χ4n) is 1.83. The first-order valence-electron chi connectivity index (χ1n) is 6.78. The van der Waals surface area contributed by atoms with Gasteiger partial charge in [-0.2, -0.15) is 0 Å². The maximum Gasteiger partial charge on any atom is 0.307 e. The molecule has 0 saturated carbocycles. The summed E-state index contributed by atoms with van der Waals surface area (Å²) in [6.45, 7) is 2.58. The molecular weight excluding hydrogens is 304 g/mol. The van der Waals surface area contributed by atoms with Crippen molar-refractivity contribution < 1.29 is 14.3 Å². The van der Waals surface area contributed by atoms with Crippen LogP contribution >= 0.6 is 11.3 Å². The van der Waals surface area contributed by atoms with Gasteiger partial charge in [-0.05, 0) is 31.2 Å². The van der Waals surface area contributed by atoms with E-state index >= 15 is 0 Å². The van der Waals surface area contributed by atoms with E-state index in [1.807, 2.05) is 0 Å². The molecule has 2 aromatic rings. The number of amides is 1. The molecule has 1 amide bonds. The highest BCUT2D eigenvalue weighted by Gasteiger charge is 2.07. The average molecular weight is 322 g/mol. The maximum atomic E-state index is 11.8. The van der Waals surface area contributed by atoms with Gasteiger partial charge in [0.05, 0.1) is 13.7 Å². The van der Waals surface area contributed by atoms with Gasteiger partial charge in [-0.15, -0.1) is 0 Å². The van der Waals surface area contributed by atoms with Crippen LogP contribution in [0.4, 0.5) is 0 Å². The molecule has 0 radical (unpaired) electrons. The maximum absolute atomic E-state index is 11.8. The van der Waals surface area contributed by atoms with Crippen LogP contribution in [0.5, 0.6) is 11.5 Å². The minimum absolute atomic E-state index is 0.0384. The van der Waals surface area contributed by atoms with Gasteiger partial charge < -0.3 is 14.8 Å². The number of rotatable bonds is 7. The SMILES string of the molecule is COc1ccc(OCCNC(=O)Cn2c(C)csc2=O)cc1. The monoisotopic (exact) mass is 322 g/mol. The van der Waals surface area contributed by atoms with Crippen LogP contribution in [0.2, 0.25) is 0 Å². The van der Waals surface area contributed by atoms with Gasteiger partial charge in [0.25, 0.3) is 0 Å². The van der Waals surface area contributed by atoms with Gasteiger partial charge in [-0.3, -0.25) is 14.2 Å². The molecule has 0 unspecified atom stereocenters. The molecule has 0 aliphatic rings. The van der Waals surface area contributed by atoms with E-state index in [0.29, 0.717) is 18.9 Å². The van der Waals surface area contributed by atoms with E-state index in [4.69, 9.17) is 9.47 Å². The Bertz CT molecular complexity index is 676. The van der Waals surface area contributed by atoms with Crippen molar-refractivity contribution in [2.45, 2.75) is 13.5 Å². The van der Waals surface area contributed by atoms with E-state index in [1.54, 1.807) is 43.7 Å². The van der Waals surface area contributed by atoms with Crippen molar-refractivity contribution in [3.8, 4) is 11.5 Å². The smallest absolute Gasteiger partial charge is 0.307 e. The summed E-state index contributed by atoms with van der Waals surface area (Å²) in [4.78, 5) is 23.2. The Morgan fingerprint density at radius 3 is 2.55 bits per heavy atom. The topological polar surface area (TPSA) is 69.6 Å². The molecule has 0 aliphatic carbocycles. The predicted molar refractivity (Wildman–Crippen MR) is 84.8 cm³/mol. The van der Waals surface area contributed by atoms with E-state index in [-0.39, 0.29) is 17.3 Å². The minimum atomic E-state index is -0.207. The summed E-state index contributed by atoms with van der Waals surface area (Å²) in [5, 5.41) is 4.46. The molecular formula is C15H18N2O4S. The van der Waals surface area contributed by atoms with Gasteiger partial charge in [0, 0.05) is 11.1 Å². The molecule has 118 valence electrons. The molecule has 0 saturated heterocycles. The Kier molecular flexibility index (Phi) is 5.60. The number of hydrogen-bond donors (Lipinski definition) is 1. The number of carbonyl (C=O) groups excluding carboxylic acids is 1. The summed E-state index contributed by atoms with van der Waals surface area (Å²) in [7, 11) is 1.60. The second-order valence-corrected chi connectivity index (χ2v) is 5.42. The third-order valence-electron chi connectivity index (χ3n) is 3.03. The zero-order valence-corrected chi connectivity index (χ0v) is 13.3. The Hall–Kier alpha value is -2.28. The lowest BCUT2D eigenvalue weighted by molar-refractivity contribution is -0.121. The molecule has 0 fully saturated rings. The number of aryl methyl sites for hydroxylation is 1. The Morgan fingerprint density at radius 2 is 1.95 bits per heavy atom. The predicted octanol–water partition coefficient (Wildman–Crippen LogP) is 1.42. The van der Waals surface area contributed by atoms with Gasteiger partial charge in [0.2, 0.25) is 5.91 Å². The van der Waals surface area contributed by atoms with E-state index in [2.05, 4.69) is 5.32 Å². The number of nitrogens with one attached hydrogen (secondary N) is 1. The second-order valence-electron chi connectivity index (χ2n) is 4.60. The van der Waals surface area contributed by atoms with E-state index in [1.165, 1.54) is 4.57 Å². The number of hydrogen-bond acceptors (Lipinski definition) is 5. The van der Waals surface area contributed by atoms with Gasteiger partial charge in [-0.1, -0.05) is 11.3 Å². The van der Waals surface area contributed by atoms with Crippen molar-refractivity contribution >= 4 is 17.2 Å². The molecule has 0 atom stereocenters. The molecule has 0 bridgehead atoms. The van der Waals surface area contributed by atoms with Crippen molar-refractivity contribution in [3.05, 3.63) is 45.0 Å². The highest BCUT2D eigenvalue weighted by molar-refractivity contribution is 7.07. The molecule has 7 heteroatoms. The van der Waals surface area contributed by atoms with Crippen molar-refractivity contribution in [3.63, 3.8) is 0 Å². The van der Waals surface area contributed by atoms with Gasteiger partial charge >= 0.3 is 4.87 Å². The van der Waals surface area contributed by atoms with Crippen molar-refractivity contribution in [2.24, 2.45) is 0 Å². The van der Waals surface area contributed by atoms with Gasteiger partial charge in [0.15, 0.2) is 0 Å². The van der Waals surface area contributed by atoms with Crippen LogP contribution in [0.3, 0.4) is 0 Å². The summed E-state index contributed by atoms with van der Waals surface area (Å²) in [5.74, 6) is 1.26. The third-order valence-corrected chi connectivity index (χ3v) is 3.91. The number of benzene rings is 1. The zero-order chi connectivity index (χ0) is 15.9. The molecule has 1 aromatic carbocycles. The Morgan fingerprint density at radius 1 is 1.27 bits per heavy atom. The molecule has 0 aliphatic heterocycles. The first-order valence-corrected chi connectivity index (χ1v) is 7.66. The van der Waals surface area contributed by atoms with Crippen molar-refractivity contribution in [1.82, 2.24) is 9.88 Å². The second kappa shape index (κ2) is 7.65. The van der Waals surface area contributed by atoms with Gasteiger partial charge in [0.1, 0.15) is 24.7 Å². The van der Waals surface area contributed by atoms with Crippen LogP contribution in [-0.4, -0.2) is 30.7 Å². The molecule has 1 aromatic heterocycles. The zero-order valence-electron chi connectivity index (χ0n) is 12.5. The number of ether oxygens (including phenoxy) is 2. The largest absolute Gasteiger partial charge is 0.497 e. The molecule has 1 N–H and O–H groups in total. The number of aromatic nitrogens is 1. The highest BCUT2D eigenvalue weighted by Crippen LogP contribution is 2.16. The summed E-state index contributed by atoms with van der Waals surface area (Å²) < 4.78 is 12.0. The fraction of sp³-hybridized carbons (Fsp3) is 0.333. The number of nitrogens with zero attached hydrogens (tertiary/aromatic N) is 1. The summed E-state index contributed by atoms with van der Waals surface area (Å²) in [6.07, 6.45) is 0. The Balaban J connectivity index is 1.72. The summed E-state index contributed by atoms with van der Waals surface area (Å²) in [5.41, 5.74) is 0.791. The standard InChI is InChI=1S/C15H18N2O4S/c1-11-10-22-15(19)17(11)9-14(18)16-7-8-21-13-5-3-12(20-2)4-6-13/h3-6,10H,7-9H2,1-2H3,(H,16,18). The highest BCUT2D eigenvalue weighted by atomic mass is 32.1. The lowest BCUT2D eigenvalue weighted by atomic mass is 10.3. The van der Waals surface area contributed by atoms with Crippen LogP contribution in [-0.2, 0) is 11.3 Å². The van der Waals surface area contributed by atoms with Crippen molar-refractivity contribution in [2.75, 3.05) is 20.3 Å². The fourth-order valence-corrected chi connectivity index (χ4v) is 2.56. The van der Waals surface area contributed by atoms with Crippen LogP contribution in [0.15, 0.2) is 34.4 Å².